The summed E-state index contributed by atoms with van der Waals surface area (Å²) in [6, 6.07) is 11.0. The van der Waals surface area contributed by atoms with Crippen molar-refractivity contribution >= 4 is 21.8 Å². The molecule has 0 bridgehead atoms. The van der Waals surface area contributed by atoms with Gasteiger partial charge in [-0.15, -0.1) is 0 Å². The molecule has 25 heavy (non-hydrogen) atoms. The maximum Gasteiger partial charge on any atom is 0.248 e. The third-order valence-electron chi connectivity index (χ3n) is 4.15. The molecule has 0 saturated carbocycles. The van der Waals surface area contributed by atoms with E-state index < -0.39 is 22.0 Å². The highest BCUT2D eigenvalue weighted by Crippen LogP contribution is 2.24. The Kier molecular flexibility index (Phi) is 4.65. The topological polar surface area (TPSA) is 87.7 Å². The van der Waals surface area contributed by atoms with Crippen LogP contribution in [0.25, 0.3) is 0 Å². The third-order valence-corrected chi connectivity index (χ3v) is 6.00. The van der Waals surface area contributed by atoms with Gasteiger partial charge in [-0.1, -0.05) is 30.3 Å². The molecule has 2 heterocycles. The maximum atomic E-state index is 12.6. The van der Waals surface area contributed by atoms with Crippen LogP contribution in [0, 0.1) is 0 Å². The lowest BCUT2D eigenvalue weighted by Crippen LogP contribution is -2.42. The van der Waals surface area contributed by atoms with Gasteiger partial charge in [0.25, 0.3) is 0 Å². The van der Waals surface area contributed by atoms with Crippen LogP contribution in [0.1, 0.15) is 12.0 Å². The monoisotopic (exact) mass is 359 g/mol. The van der Waals surface area contributed by atoms with E-state index in [9.17, 15) is 18.0 Å². The highest BCUT2D eigenvalue weighted by molar-refractivity contribution is 7.89. The molecule has 1 aromatic carbocycles. The number of sulfonamides is 1. The summed E-state index contributed by atoms with van der Waals surface area (Å²) >= 11 is 0. The van der Waals surface area contributed by atoms with Crippen molar-refractivity contribution in [2.75, 3.05) is 7.05 Å². The second-order valence-corrected chi connectivity index (χ2v) is 7.73. The van der Waals surface area contributed by atoms with Crippen LogP contribution in [0.5, 0.6) is 0 Å². The molecule has 2 aromatic rings. The lowest BCUT2D eigenvalue weighted by atomic mass is 10.2. The largest absolute Gasteiger partial charge is 0.277 e. The van der Waals surface area contributed by atoms with E-state index in [2.05, 4.69) is 4.98 Å². The van der Waals surface area contributed by atoms with Gasteiger partial charge in [-0.2, -0.15) is 4.31 Å². The number of benzene rings is 1. The predicted octanol–water partition coefficient (Wildman–Crippen LogP) is 1.03. The van der Waals surface area contributed by atoms with Gasteiger partial charge in [-0.25, -0.2) is 8.42 Å². The van der Waals surface area contributed by atoms with Gasteiger partial charge in [0.1, 0.15) is 10.9 Å². The Morgan fingerprint density at radius 1 is 1.16 bits per heavy atom. The molecule has 1 aliphatic rings. The number of rotatable bonds is 5. The minimum Gasteiger partial charge on any atom is -0.277 e. The molecule has 1 aromatic heterocycles. The first-order valence-electron chi connectivity index (χ1n) is 7.67. The first-order chi connectivity index (χ1) is 11.9. The van der Waals surface area contributed by atoms with Crippen LogP contribution in [0.15, 0.2) is 59.8 Å². The number of pyridine rings is 1. The summed E-state index contributed by atoms with van der Waals surface area (Å²) < 4.78 is 26.2. The standard InChI is InChI=1S/C17H17N3O4S/c1-19(25(23,24)14-8-5-9-18-11-14)15-10-16(21)20(17(15)22)12-13-6-3-2-4-7-13/h2-9,11,15H,10,12H2,1H3/t15-/m1/s1. The van der Waals surface area contributed by atoms with E-state index in [1.54, 1.807) is 0 Å². The number of carbonyl (C=O) groups excluding carboxylic acids is 2. The van der Waals surface area contributed by atoms with Crippen molar-refractivity contribution in [2.24, 2.45) is 0 Å². The number of likely N-dealkylation sites (tertiary alicyclic amines) is 1. The molecule has 0 unspecified atom stereocenters. The first-order valence-corrected chi connectivity index (χ1v) is 9.11. The second-order valence-electron chi connectivity index (χ2n) is 5.73. The zero-order valence-corrected chi connectivity index (χ0v) is 14.4. The van der Waals surface area contributed by atoms with Crippen molar-refractivity contribution in [1.29, 1.82) is 0 Å². The SMILES string of the molecule is CN([C@@H]1CC(=O)N(Cc2ccccc2)C1=O)S(=O)(=O)c1cccnc1. The van der Waals surface area contributed by atoms with E-state index in [4.69, 9.17) is 0 Å². The number of carbonyl (C=O) groups is 2. The van der Waals surface area contributed by atoms with Crippen LogP contribution < -0.4 is 0 Å². The molecule has 1 saturated heterocycles. The van der Waals surface area contributed by atoms with Crippen molar-refractivity contribution in [2.45, 2.75) is 23.9 Å². The predicted molar refractivity (Wildman–Crippen MR) is 89.6 cm³/mol. The average Bonchev–Trinajstić information content (AvgIpc) is 2.91. The van der Waals surface area contributed by atoms with Gasteiger partial charge in [0.15, 0.2) is 0 Å². The van der Waals surface area contributed by atoms with Crippen LogP contribution in [0.4, 0.5) is 0 Å². The molecule has 1 fully saturated rings. The number of nitrogens with zero attached hydrogens (tertiary/aromatic N) is 3. The number of amides is 2. The number of likely N-dealkylation sites (N-methyl/N-ethyl adjacent to an activating group) is 1. The minimum atomic E-state index is -3.90. The molecular formula is C17H17N3O4S. The van der Waals surface area contributed by atoms with Crippen molar-refractivity contribution < 1.29 is 18.0 Å². The fourth-order valence-corrected chi connectivity index (χ4v) is 3.99. The Bertz CT molecular complexity index is 885. The zero-order valence-electron chi connectivity index (χ0n) is 13.6. The van der Waals surface area contributed by atoms with E-state index in [0.29, 0.717) is 0 Å². The summed E-state index contributed by atoms with van der Waals surface area (Å²) in [6.45, 7) is 0.135. The smallest absolute Gasteiger partial charge is 0.248 e. The quantitative estimate of drug-likeness (QED) is 0.744. The van der Waals surface area contributed by atoms with Gasteiger partial charge in [0.2, 0.25) is 21.8 Å². The van der Waals surface area contributed by atoms with Gasteiger partial charge >= 0.3 is 0 Å². The highest BCUT2D eigenvalue weighted by atomic mass is 32.2. The van der Waals surface area contributed by atoms with Crippen LogP contribution in [-0.4, -0.2) is 47.5 Å². The normalized spacial score (nSPS) is 18.2. The van der Waals surface area contributed by atoms with E-state index in [1.807, 2.05) is 30.3 Å². The van der Waals surface area contributed by atoms with Crippen molar-refractivity contribution in [3.8, 4) is 0 Å². The Morgan fingerprint density at radius 3 is 2.52 bits per heavy atom. The number of aromatic nitrogens is 1. The van der Waals surface area contributed by atoms with E-state index >= 15 is 0 Å². The lowest BCUT2D eigenvalue weighted by Gasteiger charge is -2.22. The molecule has 0 radical (unpaired) electrons. The van der Waals surface area contributed by atoms with E-state index in [0.717, 1.165) is 14.8 Å². The Labute approximate surface area is 145 Å². The molecule has 1 aliphatic heterocycles. The van der Waals surface area contributed by atoms with Gasteiger partial charge in [-0.05, 0) is 17.7 Å². The Morgan fingerprint density at radius 2 is 1.88 bits per heavy atom. The number of hydrogen-bond acceptors (Lipinski definition) is 5. The molecule has 0 aliphatic carbocycles. The van der Waals surface area contributed by atoms with E-state index in [-0.39, 0.29) is 23.8 Å². The number of imide groups is 1. The lowest BCUT2D eigenvalue weighted by molar-refractivity contribution is -0.139. The van der Waals surface area contributed by atoms with Gasteiger partial charge < -0.3 is 0 Å². The molecule has 0 N–H and O–H groups in total. The summed E-state index contributed by atoms with van der Waals surface area (Å²) in [5.74, 6) is -0.893. The highest BCUT2D eigenvalue weighted by Gasteiger charge is 2.44. The third kappa shape index (κ3) is 3.31. The Hall–Kier alpha value is -2.58. The van der Waals surface area contributed by atoms with Crippen molar-refractivity contribution in [3.63, 3.8) is 0 Å². The van der Waals surface area contributed by atoms with Crippen LogP contribution in [0.3, 0.4) is 0 Å². The molecular weight excluding hydrogens is 342 g/mol. The fourth-order valence-electron chi connectivity index (χ4n) is 2.72. The summed E-state index contributed by atoms with van der Waals surface area (Å²) in [5, 5.41) is 0. The first kappa shape index (κ1) is 17.2. The van der Waals surface area contributed by atoms with Crippen molar-refractivity contribution in [3.05, 3.63) is 60.4 Å². The number of hydrogen-bond donors (Lipinski definition) is 0. The van der Waals surface area contributed by atoms with E-state index in [1.165, 1.54) is 31.6 Å². The summed E-state index contributed by atoms with van der Waals surface area (Å²) in [5.41, 5.74) is 0.808. The average molecular weight is 359 g/mol. The second kappa shape index (κ2) is 6.73. The summed E-state index contributed by atoms with van der Waals surface area (Å²) in [7, 11) is -2.59. The molecule has 7 nitrogen and oxygen atoms in total. The van der Waals surface area contributed by atoms with Gasteiger partial charge in [-0.3, -0.25) is 19.5 Å². The van der Waals surface area contributed by atoms with Gasteiger partial charge in [0.05, 0.1) is 13.0 Å². The Balaban J connectivity index is 1.82. The minimum absolute atomic E-state index is 0.0146. The fraction of sp³-hybridized carbons (Fsp3) is 0.235. The molecule has 3 rings (SSSR count). The molecule has 130 valence electrons. The molecule has 2 amide bonds. The summed E-state index contributed by atoms with van der Waals surface area (Å²) in [6.07, 6.45) is 2.52. The van der Waals surface area contributed by atoms with Crippen molar-refractivity contribution in [1.82, 2.24) is 14.2 Å². The molecule has 0 spiro atoms. The van der Waals surface area contributed by atoms with Crippen LogP contribution in [-0.2, 0) is 26.2 Å². The zero-order chi connectivity index (χ0) is 18.0. The molecule has 8 heteroatoms. The van der Waals surface area contributed by atoms with Crippen LogP contribution >= 0.6 is 0 Å². The molecule has 1 atom stereocenters. The summed E-state index contributed by atoms with van der Waals surface area (Å²) in [4.78, 5) is 29.8. The maximum absolute atomic E-state index is 12.6. The van der Waals surface area contributed by atoms with Crippen LogP contribution in [0.2, 0.25) is 0 Å². The van der Waals surface area contributed by atoms with Gasteiger partial charge in [0, 0.05) is 19.4 Å².